The third kappa shape index (κ3) is 3.83. The summed E-state index contributed by atoms with van der Waals surface area (Å²) in [5.41, 5.74) is 3.08. The number of nitrogens with one attached hydrogen (secondary N) is 1. The summed E-state index contributed by atoms with van der Waals surface area (Å²) in [6.07, 6.45) is 0.330. The minimum Gasteiger partial charge on any atom is -0.496 e. The molecule has 0 radical (unpaired) electrons. The van der Waals surface area contributed by atoms with Crippen LogP contribution >= 0.6 is 0 Å². The molecule has 1 heterocycles. The third-order valence-electron chi connectivity index (χ3n) is 4.84. The van der Waals surface area contributed by atoms with Crippen molar-refractivity contribution < 1.29 is 14.3 Å². The van der Waals surface area contributed by atoms with Crippen LogP contribution in [0.5, 0.6) is 11.5 Å². The molecule has 0 spiro atoms. The highest BCUT2D eigenvalue weighted by atomic mass is 16.5. The number of aryl methyl sites for hydroxylation is 1. The molecule has 0 aliphatic carbocycles. The lowest BCUT2D eigenvalue weighted by Crippen LogP contribution is -2.49. The van der Waals surface area contributed by atoms with E-state index in [0.29, 0.717) is 13.0 Å². The number of ether oxygens (including phenoxy) is 2. The molecular weight excluding hydrogens is 328 g/mol. The zero-order valence-corrected chi connectivity index (χ0v) is 15.6. The molecule has 1 atom stereocenters. The number of hydrogen-bond acceptors (Lipinski definition) is 4. The zero-order valence-electron chi connectivity index (χ0n) is 15.6. The van der Waals surface area contributed by atoms with Crippen LogP contribution in [0.3, 0.4) is 0 Å². The van der Waals surface area contributed by atoms with Gasteiger partial charge in [-0.25, -0.2) is 0 Å². The van der Waals surface area contributed by atoms with Gasteiger partial charge in [0.2, 0.25) is 5.91 Å². The Kier molecular flexibility index (Phi) is 5.78. The van der Waals surface area contributed by atoms with Crippen LogP contribution < -0.4 is 14.8 Å². The van der Waals surface area contributed by atoms with Crippen molar-refractivity contribution in [1.29, 1.82) is 0 Å². The van der Waals surface area contributed by atoms with Gasteiger partial charge < -0.3 is 19.7 Å². The second-order valence-electron chi connectivity index (χ2n) is 6.54. The van der Waals surface area contributed by atoms with Crippen molar-refractivity contribution in [3.63, 3.8) is 0 Å². The van der Waals surface area contributed by atoms with Gasteiger partial charge in [-0.3, -0.25) is 4.79 Å². The molecule has 1 aliphatic rings. The highest BCUT2D eigenvalue weighted by Gasteiger charge is 2.30. The van der Waals surface area contributed by atoms with E-state index < -0.39 is 0 Å². The highest BCUT2D eigenvalue weighted by Crippen LogP contribution is 2.31. The van der Waals surface area contributed by atoms with E-state index in [1.54, 1.807) is 14.2 Å². The molecule has 2 aromatic carbocycles. The van der Waals surface area contributed by atoms with Crippen molar-refractivity contribution in [2.45, 2.75) is 19.4 Å². The summed E-state index contributed by atoms with van der Waals surface area (Å²) >= 11 is 0. The first kappa shape index (κ1) is 18.3. The van der Waals surface area contributed by atoms with E-state index in [1.807, 2.05) is 54.3 Å². The smallest absolute Gasteiger partial charge is 0.227 e. The van der Waals surface area contributed by atoms with Crippen LogP contribution in [0.25, 0.3) is 0 Å². The van der Waals surface area contributed by atoms with E-state index in [-0.39, 0.29) is 11.9 Å². The van der Waals surface area contributed by atoms with Crippen molar-refractivity contribution in [3.8, 4) is 11.5 Å². The third-order valence-corrected chi connectivity index (χ3v) is 4.84. The molecule has 1 fully saturated rings. The zero-order chi connectivity index (χ0) is 18.5. The molecule has 0 bridgehead atoms. The summed E-state index contributed by atoms with van der Waals surface area (Å²) in [7, 11) is 3.31. The van der Waals surface area contributed by atoms with Crippen LogP contribution in [0.1, 0.15) is 22.7 Å². The summed E-state index contributed by atoms with van der Waals surface area (Å²) in [4.78, 5) is 15.1. The Hall–Kier alpha value is -2.53. The van der Waals surface area contributed by atoms with Gasteiger partial charge in [0.1, 0.15) is 11.5 Å². The Labute approximate surface area is 154 Å². The number of hydrogen-bond donors (Lipinski definition) is 1. The van der Waals surface area contributed by atoms with Crippen LogP contribution in [-0.2, 0) is 11.2 Å². The Morgan fingerprint density at radius 3 is 2.69 bits per heavy atom. The Morgan fingerprint density at radius 1 is 1.15 bits per heavy atom. The van der Waals surface area contributed by atoms with E-state index >= 15 is 0 Å². The number of benzene rings is 2. The topological polar surface area (TPSA) is 50.8 Å². The summed E-state index contributed by atoms with van der Waals surface area (Å²) < 4.78 is 10.9. The molecule has 138 valence electrons. The fourth-order valence-corrected chi connectivity index (χ4v) is 3.53. The predicted molar refractivity (Wildman–Crippen MR) is 102 cm³/mol. The quantitative estimate of drug-likeness (QED) is 0.897. The first-order chi connectivity index (χ1) is 12.6. The van der Waals surface area contributed by atoms with Crippen molar-refractivity contribution in [3.05, 3.63) is 59.2 Å². The van der Waals surface area contributed by atoms with Crippen molar-refractivity contribution in [2.24, 2.45) is 0 Å². The van der Waals surface area contributed by atoms with Gasteiger partial charge in [-0.05, 0) is 19.1 Å². The maximum absolute atomic E-state index is 13.1. The van der Waals surface area contributed by atoms with Crippen LogP contribution in [0.15, 0.2) is 42.5 Å². The number of methoxy groups -OCH3 is 2. The number of rotatable bonds is 5. The Balaban J connectivity index is 1.86. The standard InChI is InChI=1S/C21H26N2O3/c1-15-8-9-19(25-2)16(12-15)13-21(24)23-11-10-22-14-18(23)17-6-4-5-7-20(17)26-3/h4-9,12,18,22H,10-11,13-14H2,1-3H3. The largest absolute Gasteiger partial charge is 0.496 e. The van der Waals surface area contributed by atoms with E-state index in [0.717, 1.165) is 41.3 Å². The summed E-state index contributed by atoms with van der Waals surface area (Å²) in [5, 5.41) is 3.39. The number of para-hydroxylation sites is 1. The molecule has 2 aromatic rings. The number of carbonyl (C=O) groups is 1. The van der Waals surface area contributed by atoms with Crippen LogP contribution in [-0.4, -0.2) is 44.7 Å². The lowest BCUT2D eigenvalue weighted by atomic mass is 10.00. The van der Waals surface area contributed by atoms with Crippen LogP contribution in [0.4, 0.5) is 0 Å². The minimum atomic E-state index is -0.0387. The molecule has 1 amide bonds. The molecule has 1 N–H and O–H groups in total. The summed E-state index contributed by atoms with van der Waals surface area (Å²) in [6.45, 7) is 4.21. The SMILES string of the molecule is COc1ccc(C)cc1CC(=O)N1CCNCC1c1ccccc1OC. The number of nitrogens with zero attached hydrogens (tertiary/aromatic N) is 1. The van der Waals surface area contributed by atoms with Crippen molar-refractivity contribution in [2.75, 3.05) is 33.9 Å². The Bertz CT molecular complexity index is 776. The summed E-state index contributed by atoms with van der Waals surface area (Å²) in [5.74, 6) is 1.67. The first-order valence-corrected chi connectivity index (χ1v) is 8.90. The fraction of sp³-hybridized carbons (Fsp3) is 0.381. The summed E-state index contributed by atoms with van der Waals surface area (Å²) in [6, 6.07) is 13.8. The molecular formula is C21H26N2O3. The molecule has 1 unspecified atom stereocenters. The van der Waals surface area contributed by atoms with Gasteiger partial charge in [0, 0.05) is 30.8 Å². The van der Waals surface area contributed by atoms with E-state index in [2.05, 4.69) is 5.32 Å². The van der Waals surface area contributed by atoms with Gasteiger partial charge in [0.25, 0.3) is 0 Å². The monoisotopic (exact) mass is 354 g/mol. The van der Waals surface area contributed by atoms with E-state index in [9.17, 15) is 4.79 Å². The van der Waals surface area contributed by atoms with Gasteiger partial charge >= 0.3 is 0 Å². The van der Waals surface area contributed by atoms with Crippen molar-refractivity contribution >= 4 is 5.91 Å². The normalized spacial score (nSPS) is 17.0. The first-order valence-electron chi connectivity index (χ1n) is 8.90. The van der Waals surface area contributed by atoms with Crippen LogP contribution in [0.2, 0.25) is 0 Å². The average Bonchev–Trinajstić information content (AvgIpc) is 2.68. The average molecular weight is 354 g/mol. The molecule has 0 saturated carbocycles. The van der Waals surface area contributed by atoms with Crippen molar-refractivity contribution in [1.82, 2.24) is 10.2 Å². The minimum absolute atomic E-state index is 0.0387. The number of carbonyl (C=O) groups excluding carboxylic acids is 1. The van der Waals surface area contributed by atoms with E-state index in [1.165, 1.54) is 0 Å². The molecule has 26 heavy (non-hydrogen) atoms. The van der Waals surface area contributed by atoms with Crippen LogP contribution in [0, 0.1) is 6.92 Å². The predicted octanol–water partition coefficient (Wildman–Crippen LogP) is 2.73. The fourth-order valence-electron chi connectivity index (χ4n) is 3.53. The highest BCUT2D eigenvalue weighted by molar-refractivity contribution is 5.80. The number of piperazine rings is 1. The second kappa shape index (κ2) is 8.23. The molecule has 1 aliphatic heterocycles. The molecule has 5 nitrogen and oxygen atoms in total. The van der Waals surface area contributed by atoms with Gasteiger partial charge in [-0.1, -0.05) is 35.9 Å². The van der Waals surface area contributed by atoms with Gasteiger partial charge in [0.15, 0.2) is 0 Å². The van der Waals surface area contributed by atoms with Gasteiger partial charge in [0.05, 0.1) is 26.7 Å². The lowest BCUT2D eigenvalue weighted by molar-refractivity contribution is -0.133. The molecule has 0 aromatic heterocycles. The number of amides is 1. The molecule has 1 saturated heterocycles. The van der Waals surface area contributed by atoms with Gasteiger partial charge in [-0.15, -0.1) is 0 Å². The van der Waals surface area contributed by atoms with E-state index in [4.69, 9.17) is 9.47 Å². The molecule has 5 heteroatoms. The Morgan fingerprint density at radius 2 is 1.92 bits per heavy atom. The lowest BCUT2D eigenvalue weighted by Gasteiger charge is -2.37. The molecule has 3 rings (SSSR count). The second-order valence-corrected chi connectivity index (χ2v) is 6.54. The maximum Gasteiger partial charge on any atom is 0.227 e. The maximum atomic E-state index is 13.1. The van der Waals surface area contributed by atoms with Gasteiger partial charge in [-0.2, -0.15) is 0 Å².